The third-order valence-electron chi connectivity index (χ3n) is 3.02. The molecule has 4 nitrogen and oxygen atoms in total. The number of aliphatic carboxylic acids is 1. The van der Waals surface area contributed by atoms with Crippen molar-refractivity contribution in [2.75, 3.05) is 0 Å². The van der Waals surface area contributed by atoms with Gasteiger partial charge in [-0.05, 0) is 17.2 Å². The molecule has 1 aromatic rings. The summed E-state index contributed by atoms with van der Waals surface area (Å²) in [6, 6.07) is 3.61. The van der Waals surface area contributed by atoms with E-state index in [0.29, 0.717) is 11.1 Å². The van der Waals surface area contributed by atoms with E-state index in [0.717, 1.165) is 0 Å². The van der Waals surface area contributed by atoms with Crippen LogP contribution in [-0.2, 0) is 22.6 Å². The predicted octanol–water partition coefficient (Wildman–Crippen LogP) is 1.18. The zero-order chi connectivity index (χ0) is 12.6. The van der Waals surface area contributed by atoms with E-state index < -0.39 is 17.8 Å². The number of nitrogens with zero attached hydrogens (tertiary/aromatic N) is 1. The molecule has 0 saturated heterocycles. The van der Waals surface area contributed by atoms with Gasteiger partial charge in [0.05, 0.1) is 0 Å². The van der Waals surface area contributed by atoms with Gasteiger partial charge in [-0.15, -0.1) is 0 Å². The summed E-state index contributed by atoms with van der Waals surface area (Å²) in [6.07, 6.45) is 0.0247. The Morgan fingerprint density at radius 2 is 2.18 bits per heavy atom. The van der Waals surface area contributed by atoms with Crippen molar-refractivity contribution in [2.45, 2.75) is 25.9 Å². The third kappa shape index (κ3) is 2.00. The topological polar surface area (TPSA) is 57.6 Å². The monoisotopic (exact) mass is 237 g/mol. The lowest BCUT2D eigenvalue weighted by Crippen LogP contribution is -2.48. The van der Waals surface area contributed by atoms with Crippen molar-refractivity contribution in [2.24, 2.45) is 0 Å². The predicted molar refractivity (Wildman–Crippen MR) is 57.8 cm³/mol. The fourth-order valence-corrected chi connectivity index (χ4v) is 2.13. The molecule has 1 unspecified atom stereocenters. The molecule has 5 heteroatoms. The lowest BCUT2D eigenvalue weighted by molar-refractivity contribution is -0.150. The van der Waals surface area contributed by atoms with E-state index >= 15 is 0 Å². The summed E-state index contributed by atoms with van der Waals surface area (Å²) in [7, 11) is 0. The molecule has 1 amide bonds. The van der Waals surface area contributed by atoms with E-state index in [4.69, 9.17) is 5.11 Å². The van der Waals surface area contributed by atoms with E-state index in [1.807, 2.05) is 0 Å². The molecule has 0 spiro atoms. The average Bonchev–Trinajstić information content (AvgIpc) is 2.27. The quantitative estimate of drug-likeness (QED) is 0.798. The van der Waals surface area contributed by atoms with Crippen molar-refractivity contribution in [3.8, 4) is 0 Å². The normalized spacial score (nSPS) is 18.7. The van der Waals surface area contributed by atoms with E-state index in [1.165, 1.54) is 17.9 Å². The number of rotatable bonds is 1. The summed E-state index contributed by atoms with van der Waals surface area (Å²) in [5, 5.41) is 9.06. The van der Waals surface area contributed by atoms with Crippen LogP contribution in [0.1, 0.15) is 18.1 Å². The summed E-state index contributed by atoms with van der Waals surface area (Å²) < 4.78 is 13.5. The van der Waals surface area contributed by atoms with Crippen LogP contribution in [0.3, 0.4) is 0 Å². The number of carboxylic acid groups (broad SMARTS) is 1. The Kier molecular flexibility index (Phi) is 2.83. The molecule has 90 valence electrons. The maximum Gasteiger partial charge on any atom is 0.326 e. The summed E-state index contributed by atoms with van der Waals surface area (Å²) in [5.41, 5.74) is 1.08. The maximum absolute atomic E-state index is 13.5. The summed E-state index contributed by atoms with van der Waals surface area (Å²) in [6.45, 7) is 1.47. The van der Waals surface area contributed by atoms with Gasteiger partial charge in [0.2, 0.25) is 5.91 Å². The SMILES string of the molecule is CC(=O)N1Cc2cccc(F)c2CC1C(=O)O. The van der Waals surface area contributed by atoms with Crippen molar-refractivity contribution in [3.63, 3.8) is 0 Å². The molecule has 0 aliphatic carbocycles. The van der Waals surface area contributed by atoms with Gasteiger partial charge >= 0.3 is 5.97 Å². The van der Waals surface area contributed by atoms with E-state index in [1.54, 1.807) is 12.1 Å². The van der Waals surface area contributed by atoms with Crippen LogP contribution in [0.5, 0.6) is 0 Å². The van der Waals surface area contributed by atoms with E-state index in [-0.39, 0.29) is 18.9 Å². The fraction of sp³-hybridized carbons (Fsp3) is 0.333. The second-order valence-corrected chi connectivity index (χ2v) is 4.08. The van der Waals surface area contributed by atoms with Gasteiger partial charge in [0.25, 0.3) is 0 Å². The van der Waals surface area contributed by atoms with Crippen LogP contribution in [0.25, 0.3) is 0 Å². The lowest BCUT2D eigenvalue weighted by atomic mass is 9.93. The molecule has 17 heavy (non-hydrogen) atoms. The molecule has 0 fully saturated rings. The number of fused-ring (bicyclic) bond motifs is 1. The van der Waals surface area contributed by atoms with Gasteiger partial charge in [0, 0.05) is 19.9 Å². The molecule has 0 aromatic heterocycles. The molecule has 1 heterocycles. The van der Waals surface area contributed by atoms with Crippen LogP contribution in [0.2, 0.25) is 0 Å². The third-order valence-corrected chi connectivity index (χ3v) is 3.02. The molecule has 1 aliphatic rings. The van der Waals surface area contributed by atoms with Crippen molar-refractivity contribution in [1.29, 1.82) is 0 Å². The van der Waals surface area contributed by atoms with Crippen molar-refractivity contribution in [3.05, 3.63) is 35.1 Å². The Morgan fingerprint density at radius 1 is 1.47 bits per heavy atom. The first-order valence-electron chi connectivity index (χ1n) is 5.27. The van der Waals surface area contributed by atoms with Gasteiger partial charge in [0.15, 0.2) is 0 Å². The summed E-state index contributed by atoms with van der Waals surface area (Å²) in [5.74, 6) is -1.82. The zero-order valence-corrected chi connectivity index (χ0v) is 9.31. The maximum atomic E-state index is 13.5. The highest BCUT2D eigenvalue weighted by Crippen LogP contribution is 2.25. The van der Waals surface area contributed by atoms with Crippen molar-refractivity contribution in [1.82, 2.24) is 4.90 Å². The molecular formula is C12H12FNO3. The van der Waals surface area contributed by atoms with Crippen LogP contribution in [0.15, 0.2) is 18.2 Å². The second-order valence-electron chi connectivity index (χ2n) is 4.08. The van der Waals surface area contributed by atoms with Crippen LogP contribution in [0.4, 0.5) is 4.39 Å². The van der Waals surface area contributed by atoms with E-state index in [9.17, 15) is 14.0 Å². The average molecular weight is 237 g/mol. The summed E-state index contributed by atoms with van der Waals surface area (Å²) >= 11 is 0. The van der Waals surface area contributed by atoms with Crippen LogP contribution in [0, 0.1) is 5.82 Å². The Bertz CT molecular complexity index is 487. The van der Waals surface area contributed by atoms with Crippen LogP contribution >= 0.6 is 0 Å². The van der Waals surface area contributed by atoms with Crippen molar-refractivity contribution >= 4 is 11.9 Å². The Hall–Kier alpha value is -1.91. The Morgan fingerprint density at radius 3 is 2.76 bits per heavy atom. The molecule has 0 saturated carbocycles. The second kappa shape index (κ2) is 4.16. The minimum absolute atomic E-state index is 0.0247. The van der Waals surface area contributed by atoms with Crippen molar-refractivity contribution < 1.29 is 19.1 Å². The lowest BCUT2D eigenvalue weighted by Gasteiger charge is -2.33. The van der Waals surface area contributed by atoms with Gasteiger partial charge in [0.1, 0.15) is 11.9 Å². The van der Waals surface area contributed by atoms with Crippen LogP contribution in [-0.4, -0.2) is 27.9 Å². The van der Waals surface area contributed by atoms with Crippen LogP contribution < -0.4 is 0 Å². The number of hydrogen-bond acceptors (Lipinski definition) is 2. The number of carbonyl (C=O) groups excluding carboxylic acids is 1. The van der Waals surface area contributed by atoms with E-state index in [2.05, 4.69) is 0 Å². The van der Waals surface area contributed by atoms with Gasteiger partial charge in [-0.25, -0.2) is 9.18 Å². The molecule has 1 aliphatic heterocycles. The highest BCUT2D eigenvalue weighted by molar-refractivity contribution is 5.83. The summed E-state index contributed by atoms with van der Waals surface area (Å²) in [4.78, 5) is 23.7. The number of carbonyl (C=O) groups is 2. The molecule has 0 bridgehead atoms. The molecule has 0 radical (unpaired) electrons. The molecule has 1 N–H and O–H groups in total. The first kappa shape index (κ1) is 11.6. The Labute approximate surface area is 97.7 Å². The highest BCUT2D eigenvalue weighted by Gasteiger charge is 2.34. The highest BCUT2D eigenvalue weighted by atomic mass is 19.1. The number of benzene rings is 1. The number of amides is 1. The standard InChI is InChI=1S/C12H12FNO3/c1-7(15)14-6-8-3-2-4-10(13)9(8)5-11(14)12(16)17/h2-4,11H,5-6H2,1H3,(H,16,17). The fourth-order valence-electron chi connectivity index (χ4n) is 2.13. The molecule has 1 aromatic carbocycles. The first-order valence-corrected chi connectivity index (χ1v) is 5.27. The smallest absolute Gasteiger partial charge is 0.326 e. The molecule has 2 rings (SSSR count). The van der Waals surface area contributed by atoms with Gasteiger partial charge in [-0.3, -0.25) is 4.79 Å². The number of hydrogen-bond donors (Lipinski definition) is 1. The number of halogens is 1. The molecular weight excluding hydrogens is 225 g/mol. The van der Waals surface area contributed by atoms with Gasteiger partial charge < -0.3 is 10.0 Å². The molecule has 1 atom stereocenters. The first-order chi connectivity index (χ1) is 8.00. The minimum atomic E-state index is -1.10. The zero-order valence-electron chi connectivity index (χ0n) is 9.31. The largest absolute Gasteiger partial charge is 0.480 e. The number of carboxylic acids is 1. The minimum Gasteiger partial charge on any atom is -0.480 e. The Balaban J connectivity index is 2.43. The van der Waals surface area contributed by atoms with Gasteiger partial charge in [-0.2, -0.15) is 0 Å². The van der Waals surface area contributed by atoms with Gasteiger partial charge in [-0.1, -0.05) is 12.1 Å².